The lowest BCUT2D eigenvalue weighted by Gasteiger charge is -2.14. The largest absolute Gasteiger partial charge is 0.494 e. The highest BCUT2D eigenvalue weighted by Crippen LogP contribution is 2.37. The van der Waals surface area contributed by atoms with Crippen LogP contribution in [0.25, 0.3) is 27.7 Å². The van der Waals surface area contributed by atoms with E-state index in [1.54, 1.807) is 0 Å². The number of benzene rings is 2. The van der Waals surface area contributed by atoms with Crippen molar-refractivity contribution in [2.45, 2.75) is 41.5 Å². The molecule has 0 saturated heterocycles. The van der Waals surface area contributed by atoms with E-state index in [1.807, 2.05) is 19.9 Å². The molecule has 30 heavy (non-hydrogen) atoms. The minimum absolute atomic E-state index is 0. The third kappa shape index (κ3) is 3.56. The molecule has 0 aliphatic heterocycles. The van der Waals surface area contributed by atoms with Crippen LogP contribution in [0.15, 0.2) is 42.5 Å². The molecule has 0 aliphatic rings. The summed E-state index contributed by atoms with van der Waals surface area (Å²) in [5, 5.41) is 11.4. The van der Waals surface area contributed by atoms with E-state index in [9.17, 15) is 0 Å². The Hall–Kier alpha value is -2.85. The molecule has 0 saturated carbocycles. The van der Waals surface area contributed by atoms with Gasteiger partial charge in [0.25, 0.3) is 0 Å². The summed E-state index contributed by atoms with van der Waals surface area (Å²) in [7, 11) is 0. The first kappa shape index (κ1) is 21.8. The van der Waals surface area contributed by atoms with E-state index in [2.05, 4.69) is 78.9 Å². The van der Waals surface area contributed by atoms with Crippen LogP contribution in [-0.2, 0) is 0 Å². The third-order valence-electron chi connectivity index (χ3n) is 5.59. The molecule has 2 heterocycles. The van der Waals surface area contributed by atoms with Crippen LogP contribution in [0.1, 0.15) is 35.1 Å². The van der Waals surface area contributed by atoms with Gasteiger partial charge in [-0.05, 0) is 65.3 Å². The van der Waals surface area contributed by atoms with Crippen molar-refractivity contribution in [3.63, 3.8) is 0 Å². The fourth-order valence-electron chi connectivity index (χ4n) is 4.20. The van der Waals surface area contributed by atoms with Gasteiger partial charge in [-0.1, -0.05) is 29.8 Å². The Morgan fingerprint density at radius 2 is 1.50 bits per heavy atom. The van der Waals surface area contributed by atoms with Crippen LogP contribution in [0.4, 0.5) is 0 Å². The summed E-state index contributed by atoms with van der Waals surface area (Å²) in [6, 6.07) is 14.8. The fourth-order valence-corrected chi connectivity index (χ4v) is 4.20. The second kappa shape index (κ2) is 8.49. The number of aromatic nitrogens is 3. The van der Waals surface area contributed by atoms with Crippen molar-refractivity contribution < 1.29 is 4.74 Å². The number of ether oxygens (including phenoxy) is 1. The van der Waals surface area contributed by atoms with E-state index in [4.69, 9.17) is 4.74 Å². The van der Waals surface area contributed by atoms with Gasteiger partial charge in [-0.3, -0.25) is 0 Å². The zero-order valence-electron chi connectivity index (χ0n) is 18.4. The highest BCUT2D eigenvalue weighted by atomic mass is 35.5. The van der Waals surface area contributed by atoms with Crippen LogP contribution in [0.3, 0.4) is 0 Å². The maximum Gasteiger partial charge on any atom is 0.119 e. The van der Waals surface area contributed by atoms with E-state index < -0.39 is 0 Å². The summed E-state index contributed by atoms with van der Waals surface area (Å²) in [5.74, 6) is 0.903. The molecule has 4 aromatic rings. The summed E-state index contributed by atoms with van der Waals surface area (Å²) in [6.07, 6.45) is 0. The standard InChI is InChI=1S/C25H27N3O.ClH/c1-7-29-21-12-13-22(16(3)14-21)28-18(5)23-17(4)26-27-25(24(23)19(28)6)20-10-8-15(2)9-11-20;/h8-14H,7H2,1-6H3;1H. The van der Waals surface area contributed by atoms with Gasteiger partial charge in [-0.25, -0.2) is 0 Å². The van der Waals surface area contributed by atoms with Crippen LogP contribution >= 0.6 is 12.4 Å². The average molecular weight is 422 g/mol. The van der Waals surface area contributed by atoms with E-state index in [0.29, 0.717) is 6.61 Å². The molecule has 0 N–H and O–H groups in total. The Morgan fingerprint density at radius 1 is 0.833 bits per heavy atom. The molecular formula is C25H28ClN3O. The van der Waals surface area contributed by atoms with E-state index in [-0.39, 0.29) is 12.4 Å². The smallest absolute Gasteiger partial charge is 0.119 e. The maximum atomic E-state index is 5.67. The van der Waals surface area contributed by atoms with Gasteiger partial charge in [0.1, 0.15) is 11.4 Å². The summed E-state index contributed by atoms with van der Waals surface area (Å²) in [4.78, 5) is 0. The topological polar surface area (TPSA) is 39.9 Å². The quantitative estimate of drug-likeness (QED) is 0.380. The summed E-state index contributed by atoms with van der Waals surface area (Å²) in [6.45, 7) is 13.3. The molecule has 4 nitrogen and oxygen atoms in total. The van der Waals surface area contributed by atoms with Crippen molar-refractivity contribution >= 4 is 23.2 Å². The number of rotatable bonds is 4. The molecule has 2 aromatic heterocycles. The van der Waals surface area contributed by atoms with Gasteiger partial charge >= 0.3 is 0 Å². The van der Waals surface area contributed by atoms with Crippen LogP contribution < -0.4 is 4.74 Å². The monoisotopic (exact) mass is 421 g/mol. The van der Waals surface area contributed by atoms with Crippen molar-refractivity contribution in [2.75, 3.05) is 6.61 Å². The lowest BCUT2D eigenvalue weighted by molar-refractivity contribution is 0.340. The highest BCUT2D eigenvalue weighted by molar-refractivity contribution is 6.00. The molecule has 0 fully saturated rings. The van der Waals surface area contributed by atoms with Crippen molar-refractivity contribution in [1.29, 1.82) is 0 Å². The Bertz CT molecular complexity index is 1210. The molecule has 0 amide bonds. The predicted octanol–water partition coefficient (Wildman–Crippen LogP) is 6.45. The maximum absolute atomic E-state index is 5.67. The number of hydrogen-bond acceptors (Lipinski definition) is 3. The SMILES string of the molecule is CCOc1ccc(-n2c(C)c3c(C)nnc(-c4ccc(C)cc4)c3c2C)c(C)c1.Cl. The van der Waals surface area contributed by atoms with E-state index in [1.165, 1.54) is 33.3 Å². The van der Waals surface area contributed by atoms with Crippen molar-refractivity contribution in [1.82, 2.24) is 14.8 Å². The van der Waals surface area contributed by atoms with Crippen LogP contribution in [0.5, 0.6) is 5.75 Å². The Labute approximate surface area is 184 Å². The number of aryl methyl sites for hydroxylation is 5. The van der Waals surface area contributed by atoms with Gasteiger partial charge < -0.3 is 9.30 Å². The lowest BCUT2D eigenvalue weighted by Crippen LogP contribution is -2.02. The van der Waals surface area contributed by atoms with Crippen molar-refractivity contribution in [3.05, 3.63) is 70.7 Å². The second-order valence-electron chi connectivity index (χ2n) is 7.64. The van der Waals surface area contributed by atoms with Gasteiger partial charge in [0, 0.05) is 33.4 Å². The van der Waals surface area contributed by atoms with Gasteiger partial charge in [0.2, 0.25) is 0 Å². The van der Waals surface area contributed by atoms with Crippen LogP contribution in [0.2, 0.25) is 0 Å². The number of halogens is 1. The third-order valence-corrected chi connectivity index (χ3v) is 5.59. The first-order valence-electron chi connectivity index (χ1n) is 10.1. The van der Waals surface area contributed by atoms with E-state index in [0.717, 1.165) is 28.4 Å². The molecule has 0 unspecified atom stereocenters. The first-order chi connectivity index (χ1) is 13.9. The lowest BCUT2D eigenvalue weighted by atomic mass is 10.0. The van der Waals surface area contributed by atoms with Crippen LogP contribution in [-0.4, -0.2) is 21.4 Å². The first-order valence-corrected chi connectivity index (χ1v) is 10.1. The molecular weight excluding hydrogens is 394 g/mol. The molecule has 0 atom stereocenters. The van der Waals surface area contributed by atoms with Gasteiger partial charge in [-0.2, -0.15) is 5.10 Å². The number of fused-ring (bicyclic) bond motifs is 1. The van der Waals surface area contributed by atoms with Crippen molar-refractivity contribution in [3.8, 4) is 22.7 Å². The van der Waals surface area contributed by atoms with E-state index >= 15 is 0 Å². The Kier molecular flexibility index (Phi) is 6.18. The molecule has 0 bridgehead atoms. The van der Waals surface area contributed by atoms with Gasteiger partial charge in [-0.15, -0.1) is 17.5 Å². The number of nitrogens with zero attached hydrogens (tertiary/aromatic N) is 3. The predicted molar refractivity (Wildman–Crippen MR) is 126 cm³/mol. The average Bonchev–Trinajstić information content (AvgIpc) is 2.95. The highest BCUT2D eigenvalue weighted by Gasteiger charge is 2.21. The normalized spacial score (nSPS) is 10.9. The zero-order valence-corrected chi connectivity index (χ0v) is 19.2. The van der Waals surface area contributed by atoms with Gasteiger partial charge in [0.15, 0.2) is 0 Å². The molecule has 156 valence electrons. The van der Waals surface area contributed by atoms with Crippen LogP contribution in [0, 0.1) is 34.6 Å². The molecule has 0 spiro atoms. The molecule has 0 radical (unpaired) electrons. The molecule has 4 rings (SSSR count). The minimum Gasteiger partial charge on any atom is -0.494 e. The zero-order chi connectivity index (χ0) is 20.7. The second-order valence-corrected chi connectivity index (χ2v) is 7.64. The molecule has 0 aliphatic carbocycles. The Balaban J connectivity index is 0.00000256. The van der Waals surface area contributed by atoms with Crippen molar-refractivity contribution in [2.24, 2.45) is 0 Å². The summed E-state index contributed by atoms with van der Waals surface area (Å²) < 4.78 is 8.00. The molecule has 2 aromatic carbocycles. The fraction of sp³-hybridized carbons (Fsp3) is 0.280. The van der Waals surface area contributed by atoms with Gasteiger partial charge in [0.05, 0.1) is 12.3 Å². The summed E-state index contributed by atoms with van der Waals surface area (Å²) >= 11 is 0. The minimum atomic E-state index is 0. The molecule has 5 heteroatoms. The number of hydrogen-bond donors (Lipinski definition) is 0. The Morgan fingerprint density at radius 3 is 2.13 bits per heavy atom. The summed E-state index contributed by atoms with van der Waals surface area (Å²) in [5.41, 5.74) is 8.93.